The molecule has 0 aromatic rings. The van der Waals surface area contributed by atoms with Crippen LogP contribution in [0.3, 0.4) is 0 Å². The molecular formula is C10H15N3. The Bertz CT molecular complexity index is 261. The predicted molar refractivity (Wildman–Crippen MR) is 56.0 cm³/mol. The van der Waals surface area contributed by atoms with E-state index < -0.39 is 0 Å². The lowest BCUT2D eigenvalue weighted by molar-refractivity contribution is 0.426. The van der Waals surface area contributed by atoms with Crippen LogP contribution in [0.1, 0.15) is 13.3 Å². The minimum atomic E-state index is 0.644. The van der Waals surface area contributed by atoms with E-state index in [9.17, 15) is 0 Å². The summed E-state index contributed by atoms with van der Waals surface area (Å²) in [4.78, 5) is 4.26. The van der Waals surface area contributed by atoms with Crippen LogP contribution in [0.25, 0.3) is 0 Å². The molecule has 0 aromatic carbocycles. The quantitative estimate of drug-likeness (QED) is 0.525. The van der Waals surface area contributed by atoms with Gasteiger partial charge in [-0.15, -0.1) is 0 Å². The molecule has 70 valence electrons. The molecule has 13 heavy (non-hydrogen) atoms. The van der Waals surface area contributed by atoms with Crippen LogP contribution in [0.2, 0.25) is 0 Å². The Morgan fingerprint density at radius 3 is 3.31 bits per heavy atom. The van der Waals surface area contributed by atoms with E-state index in [1.807, 2.05) is 37.6 Å². The third kappa shape index (κ3) is 3.71. The van der Waals surface area contributed by atoms with Crippen molar-refractivity contribution in [2.75, 3.05) is 6.54 Å². The summed E-state index contributed by atoms with van der Waals surface area (Å²) in [6.07, 6.45) is 12.6. The van der Waals surface area contributed by atoms with E-state index in [0.717, 1.165) is 12.1 Å². The van der Waals surface area contributed by atoms with Crippen molar-refractivity contribution < 1.29 is 0 Å². The average Bonchev–Trinajstić information content (AvgIpc) is 2.33. The fourth-order valence-electron chi connectivity index (χ4n) is 1.06. The monoisotopic (exact) mass is 177 g/mol. The molecule has 0 aromatic heterocycles. The molecule has 0 aliphatic carbocycles. The smallest absolute Gasteiger partial charge is 0.0757 e. The topological polar surface area (TPSA) is 41.6 Å². The van der Waals surface area contributed by atoms with Gasteiger partial charge >= 0.3 is 0 Å². The zero-order valence-corrected chi connectivity index (χ0v) is 7.85. The van der Waals surface area contributed by atoms with E-state index in [0.29, 0.717) is 6.54 Å². The number of aliphatic imine (C=N–C) groups is 1. The second kappa shape index (κ2) is 5.32. The molecule has 0 unspecified atom stereocenters. The van der Waals surface area contributed by atoms with Gasteiger partial charge in [-0.1, -0.05) is 18.2 Å². The Morgan fingerprint density at radius 1 is 1.69 bits per heavy atom. The first-order chi connectivity index (χ1) is 6.33. The van der Waals surface area contributed by atoms with Gasteiger partial charge in [-0.3, -0.25) is 4.99 Å². The number of allylic oxidation sites excluding steroid dienone is 4. The molecule has 0 saturated heterocycles. The highest BCUT2D eigenvalue weighted by atomic mass is 15.4. The van der Waals surface area contributed by atoms with Crippen LogP contribution in [0.4, 0.5) is 0 Å². The number of hydrogen-bond acceptors (Lipinski definition) is 3. The highest BCUT2D eigenvalue weighted by Crippen LogP contribution is 2.02. The lowest BCUT2D eigenvalue weighted by atomic mass is 10.3. The van der Waals surface area contributed by atoms with E-state index in [4.69, 9.17) is 5.84 Å². The third-order valence-corrected chi connectivity index (χ3v) is 1.61. The Labute approximate surface area is 78.9 Å². The van der Waals surface area contributed by atoms with Crippen molar-refractivity contribution >= 4 is 6.21 Å². The van der Waals surface area contributed by atoms with Gasteiger partial charge in [0.05, 0.1) is 12.2 Å². The maximum absolute atomic E-state index is 5.67. The molecular weight excluding hydrogens is 162 g/mol. The minimum Gasteiger partial charge on any atom is -0.313 e. The second-order valence-corrected chi connectivity index (χ2v) is 2.79. The van der Waals surface area contributed by atoms with Gasteiger partial charge in [0.25, 0.3) is 0 Å². The van der Waals surface area contributed by atoms with Crippen LogP contribution in [-0.2, 0) is 0 Å². The van der Waals surface area contributed by atoms with E-state index >= 15 is 0 Å². The Kier molecular flexibility index (Phi) is 3.99. The molecule has 0 spiro atoms. The van der Waals surface area contributed by atoms with Gasteiger partial charge in [-0.05, 0) is 13.0 Å². The summed E-state index contributed by atoms with van der Waals surface area (Å²) >= 11 is 0. The van der Waals surface area contributed by atoms with Crippen molar-refractivity contribution in [2.24, 2.45) is 10.8 Å². The average molecular weight is 177 g/mol. The van der Waals surface area contributed by atoms with E-state index in [-0.39, 0.29) is 0 Å². The van der Waals surface area contributed by atoms with Gasteiger partial charge in [-0.2, -0.15) is 0 Å². The maximum atomic E-state index is 5.67. The van der Waals surface area contributed by atoms with Crippen LogP contribution in [0.15, 0.2) is 41.2 Å². The van der Waals surface area contributed by atoms with Gasteiger partial charge in [0.2, 0.25) is 0 Å². The Morgan fingerprint density at radius 2 is 2.54 bits per heavy atom. The Hall–Kier alpha value is -1.35. The van der Waals surface area contributed by atoms with Gasteiger partial charge in [0.1, 0.15) is 0 Å². The van der Waals surface area contributed by atoms with Crippen molar-refractivity contribution in [2.45, 2.75) is 13.3 Å². The molecule has 0 amide bonds. The molecule has 1 aliphatic rings. The third-order valence-electron chi connectivity index (χ3n) is 1.61. The summed E-state index contributed by atoms with van der Waals surface area (Å²) < 4.78 is 0. The molecule has 0 bridgehead atoms. The van der Waals surface area contributed by atoms with Crippen LogP contribution in [0.5, 0.6) is 0 Å². The molecule has 1 rings (SSSR count). The summed E-state index contributed by atoms with van der Waals surface area (Å²) in [5, 5.41) is 1.61. The zero-order valence-electron chi connectivity index (χ0n) is 7.85. The van der Waals surface area contributed by atoms with E-state index in [1.165, 1.54) is 0 Å². The second-order valence-electron chi connectivity index (χ2n) is 2.79. The summed E-state index contributed by atoms with van der Waals surface area (Å²) in [5.41, 5.74) is 0.981. The van der Waals surface area contributed by atoms with Crippen molar-refractivity contribution in [3.05, 3.63) is 36.2 Å². The molecule has 3 nitrogen and oxygen atoms in total. The summed E-state index contributed by atoms with van der Waals surface area (Å²) in [5.74, 6) is 5.67. The van der Waals surface area contributed by atoms with Crippen molar-refractivity contribution in [1.82, 2.24) is 5.01 Å². The molecule has 1 heterocycles. The summed E-state index contributed by atoms with van der Waals surface area (Å²) in [6.45, 7) is 2.58. The largest absolute Gasteiger partial charge is 0.313 e. The standard InChI is InChI=1S/C10H15N3/c1-2-8-13(11)9-10-6-4-3-5-7-12-10/h2-4,6-8H,5,9,11H2,1H3/b8-2+. The Balaban J connectivity index is 2.52. The minimum absolute atomic E-state index is 0.644. The van der Waals surface area contributed by atoms with E-state index in [2.05, 4.69) is 11.1 Å². The molecule has 0 fully saturated rings. The molecule has 0 saturated carbocycles. The number of rotatable bonds is 3. The van der Waals surface area contributed by atoms with Crippen LogP contribution >= 0.6 is 0 Å². The lowest BCUT2D eigenvalue weighted by Gasteiger charge is -2.12. The number of nitrogens with two attached hydrogens (primary N) is 1. The van der Waals surface area contributed by atoms with Gasteiger partial charge in [-0.25, -0.2) is 5.84 Å². The lowest BCUT2D eigenvalue weighted by Crippen LogP contribution is -2.26. The molecule has 2 N–H and O–H groups in total. The van der Waals surface area contributed by atoms with Crippen molar-refractivity contribution in [1.29, 1.82) is 0 Å². The number of hydrogen-bond donors (Lipinski definition) is 1. The number of hydrazine groups is 1. The van der Waals surface area contributed by atoms with E-state index in [1.54, 1.807) is 5.01 Å². The van der Waals surface area contributed by atoms with Crippen LogP contribution < -0.4 is 5.84 Å². The van der Waals surface area contributed by atoms with Crippen molar-refractivity contribution in [3.63, 3.8) is 0 Å². The first kappa shape index (κ1) is 9.74. The number of nitrogens with zero attached hydrogens (tertiary/aromatic N) is 2. The highest BCUT2D eigenvalue weighted by molar-refractivity contribution is 5.62. The van der Waals surface area contributed by atoms with Gasteiger partial charge in [0.15, 0.2) is 0 Å². The first-order valence-corrected chi connectivity index (χ1v) is 4.35. The van der Waals surface area contributed by atoms with Crippen molar-refractivity contribution in [3.8, 4) is 0 Å². The van der Waals surface area contributed by atoms with Gasteiger partial charge < -0.3 is 5.01 Å². The van der Waals surface area contributed by atoms with Crippen LogP contribution in [-0.4, -0.2) is 17.8 Å². The molecule has 1 aliphatic heterocycles. The molecule has 0 radical (unpaired) electrons. The highest BCUT2D eigenvalue weighted by Gasteiger charge is 1.97. The maximum Gasteiger partial charge on any atom is 0.0757 e. The predicted octanol–water partition coefficient (Wildman–Crippen LogP) is 1.61. The summed E-state index contributed by atoms with van der Waals surface area (Å²) in [6, 6.07) is 0. The van der Waals surface area contributed by atoms with Crippen LogP contribution in [0, 0.1) is 0 Å². The normalized spacial score (nSPS) is 16.0. The summed E-state index contributed by atoms with van der Waals surface area (Å²) in [7, 11) is 0. The molecule has 3 heteroatoms. The zero-order chi connectivity index (χ0) is 9.52. The molecule has 0 atom stereocenters. The SMILES string of the molecule is C/C=C/N(N)CC1=CC=CCC=N1. The fraction of sp³-hybridized carbons (Fsp3) is 0.300. The first-order valence-electron chi connectivity index (χ1n) is 4.35. The fourth-order valence-corrected chi connectivity index (χ4v) is 1.06. The van der Waals surface area contributed by atoms with Gasteiger partial charge in [0, 0.05) is 18.8 Å².